The number of rotatable bonds is 9. The number of aliphatic imine (C=N–C) groups is 1. The highest BCUT2D eigenvalue weighted by Crippen LogP contribution is 2.39. The molecule has 1 aliphatic rings. The average Bonchev–Trinajstić information content (AvgIpc) is 3.17. The predicted octanol–water partition coefficient (Wildman–Crippen LogP) is 6.27. The molecule has 1 saturated heterocycles. The maximum absolute atomic E-state index is 12.9. The number of amides is 1. The first-order valence-electron chi connectivity index (χ1n) is 11.6. The fourth-order valence-electron chi connectivity index (χ4n) is 3.50. The average molecular weight is 612 g/mol. The Bertz CT molecular complexity index is 1490. The zero-order chi connectivity index (χ0) is 28.1. The molecule has 0 aliphatic carbocycles. The zero-order valence-electron chi connectivity index (χ0n) is 20.8. The number of nitro groups is 1. The lowest BCUT2D eigenvalue weighted by atomic mass is 10.1. The Balaban J connectivity index is 1.55. The van der Waals surface area contributed by atoms with Crippen LogP contribution in [0.1, 0.15) is 28.4 Å². The van der Waals surface area contributed by atoms with Crippen LogP contribution in [0.4, 0.5) is 11.4 Å². The van der Waals surface area contributed by atoms with E-state index in [0.29, 0.717) is 43.9 Å². The normalized spacial score (nSPS) is 15.2. The summed E-state index contributed by atoms with van der Waals surface area (Å²) in [5.41, 5.74) is 2.13. The maximum Gasteiger partial charge on any atom is 0.335 e. The van der Waals surface area contributed by atoms with Crippen LogP contribution in [-0.4, -0.2) is 45.6 Å². The fourth-order valence-corrected chi connectivity index (χ4v) is 4.91. The van der Waals surface area contributed by atoms with Crippen LogP contribution >= 0.6 is 27.7 Å². The first kappa shape index (κ1) is 27.9. The summed E-state index contributed by atoms with van der Waals surface area (Å²) in [5, 5.41) is 20.4. The lowest BCUT2D eigenvalue weighted by molar-refractivity contribution is -0.384. The minimum absolute atomic E-state index is 0.00293. The summed E-state index contributed by atoms with van der Waals surface area (Å²) in [5.74, 6) is -0.310. The summed E-state index contributed by atoms with van der Waals surface area (Å²) in [7, 11) is 1.62. The van der Waals surface area contributed by atoms with Gasteiger partial charge in [-0.25, -0.2) is 9.79 Å². The van der Waals surface area contributed by atoms with E-state index < -0.39 is 10.9 Å². The molecule has 0 aromatic heterocycles. The van der Waals surface area contributed by atoms with Gasteiger partial charge in [-0.2, -0.15) is 0 Å². The van der Waals surface area contributed by atoms with E-state index in [1.165, 1.54) is 40.9 Å². The predicted molar refractivity (Wildman–Crippen MR) is 152 cm³/mol. The van der Waals surface area contributed by atoms with Gasteiger partial charge in [0.15, 0.2) is 16.7 Å². The largest absolute Gasteiger partial charge is 0.490 e. The Morgan fingerprint density at radius 2 is 1.79 bits per heavy atom. The summed E-state index contributed by atoms with van der Waals surface area (Å²) in [6.07, 6.45) is 1.73. The number of carbonyl (C=O) groups excluding carboxylic acids is 1. The molecule has 1 amide bonds. The van der Waals surface area contributed by atoms with Crippen LogP contribution < -0.4 is 9.47 Å². The molecule has 3 aromatic rings. The third-order valence-electron chi connectivity index (χ3n) is 5.53. The number of nitrogens with zero attached hydrogens (tertiary/aromatic N) is 3. The van der Waals surface area contributed by atoms with Crippen molar-refractivity contribution in [2.45, 2.75) is 13.5 Å². The summed E-state index contributed by atoms with van der Waals surface area (Å²) in [6.45, 7) is 2.41. The van der Waals surface area contributed by atoms with E-state index in [4.69, 9.17) is 14.6 Å². The first-order chi connectivity index (χ1) is 18.7. The second kappa shape index (κ2) is 12.1. The van der Waals surface area contributed by atoms with Crippen LogP contribution in [0.5, 0.6) is 11.5 Å². The highest BCUT2D eigenvalue weighted by molar-refractivity contribution is 9.10. The smallest absolute Gasteiger partial charge is 0.335 e. The molecule has 0 bridgehead atoms. The highest BCUT2D eigenvalue weighted by Gasteiger charge is 2.30. The van der Waals surface area contributed by atoms with Gasteiger partial charge in [-0.1, -0.05) is 15.9 Å². The van der Waals surface area contributed by atoms with Gasteiger partial charge in [-0.05, 0) is 84.4 Å². The molecular weight excluding hydrogens is 590 g/mol. The van der Waals surface area contributed by atoms with Crippen molar-refractivity contribution in [2.75, 3.05) is 13.7 Å². The number of benzene rings is 3. The molecule has 1 heterocycles. The quantitative estimate of drug-likeness (QED) is 0.170. The van der Waals surface area contributed by atoms with Crippen LogP contribution in [0, 0.1) is 10.1 Å². The summed E-state index contributed by atoms with van der Waals surface area (Å²) in [6, 6.07) is 15.7. The minimum Gasteiger partial charge on any atom is -0.490 e. The molecule has 3 aromatic carbocycles. The number of carboxylic acid groups (broad SMARTS) is 1. The van der Waals surface area contributed by atoms with Crippen molar-refractivity contribution in [1.29, 1.82) is 0 Å². The van der Waals surface area contributed by atoms with E-state index in [0.717, 1.165) is 5.56 Å². The maximum atomic E-state index is 12.9. The molecule has 39 heavy (non-hydrogen) atoms. The molecule has 0 saturated carbocycles. The van der Waals surface area contributed by atoms with E-state index >= 15 is 0 Å². The number of hydrogen-bond donors (Lipinski definition) is 1. The van der Waals surface area contributed by atoms with E-state index in [1.807, 2.05) is 6.92 Å². The molecule has 0 unspecified atom stereocenters. The van der Waals surface area contributed by atoms with Crippen molar-refractivity contribution in [3.8, 4) is 11.5 Å². The van der Waals surface area contributed by atoms with E-state index in [1.54, 1.807) is 49.5 Å². The molecule has 4 rings (SSSR count). The van der Waals surface area contributed by atoms with Crippen LogP contribution in [-0.2, 0) is 11.4 Å². The van der Waals surface area contributed by atoms with Gasteiger partial charge in [-0.3, -0.25) is 19.8 Å². The Morgan fingerprint density at radius 3 is 2.41 bits per heavy atom. The number of amidine groups is 1. The molecular formula is C27H22BrN3O7S. The topological polar surface area (TPSA) is 132 Å². The summed E-state index contributed by atoms with van der Waals surface area (Å²) >= 11 is 4.75. The Hall–Kier alpha value is -4.16. The number of carbonyl (C=O) groups is 2. The van der Waals surface area contributed by atoms with Crippen molar-refractivity contribution in [3.05, 3.63) is 96.8 Å². The molecule has 0 spiro atoms. The molecule has 200 valence electrons. The van der Waals surface area contributed by atoms with Crippen LogP contribution in [0.25, 0.3) is 6.08 Å². The van der Waals surface area contributed by atoms with Crippen LogP contribution in [0.2, 0.25) is 0 Å². The summed E-state index contributed by atoms with van der Waals surface area (Å²) < 4.78 is 12.4. The lowest BCUT2D eigenvalue weighted by Gasteiger charge is -2.14. The van der Waals surface area contributed by atoms with Crippen molar-refractivity contribution in [1.82, 2.24) is 4.90 Å². The summed E-state index contributed by atoms with van der Waals surface area (Å²) in [4.78, 5) is 40.8. The molecule has 12 heteroatoms. The van der Waals surface area contributed by atoms with Crippen molar-refractivity contribution in [3.63, 3.8) is 0 Å². The van der Waals surface area contributed by atoms with Gasteiger partial charge in [0.1, 0.15) is 6.61 Å². The standard InChI is InChI=1S/C27H22BrN3O7S/c1-3-37-22-12-18(21(28)14-23(22)38-15-16-4-10-20(11-5-16)31(35)36)13-24-25(32)30(2)27(39-24)29-19-8-6-17(7-9-19)26(33)34/h4-14H,3,15H2,1-2H3,(H,33,34)/b24-13-,29-27?. The van der Waals surface area contributed by atoms with E-state index in [2.05, 4.69) is 20.9 Å². The lowest BCUT2D eigenvalue weighted by Crippen LogP contribution is -2.23. The molecule has 1 N–H and O–H groups in total. The number of carboxylic acids is 1. The molecule has 1 fully saturated rings. The van der Waals surface area contributed by atoms with Crippen LogP contribution in [0.15, 0.2) is 75.0 Å². The second-order valence-electron chi connectivity index (χ2n) is 8.19. The molecule has 1 aliphatic heterocycles. The van der Waals surface area contributed by atoms with Gasteiger partial charge in [0.25, 0.3) is 11.6 Å². The van der Waals surface area contributed by atoms with E-state index in [-0.39, 0.29) is 23.8 Å². The highest BCUT2D eigenvalue weighted by atomic mass is 79.9. The number of ether oxygens (including phenoxy) is 2. The Morgan fingerprint density at radius 1 is 1.13 bits per heavy atom. The number of likely N-dealkylation sites (N-methyl/N-ethyl adjacent to an activating group) is 1. The number of nitro benzene ring substituents is 1. The van der Waals surface area contributed by atoms with Gasteiger partial charge in [0.05, 0.1) is 27.7 Å². The van der Waals surface area contributed by atoms with Gasteiger partial charge < -0.3 is 14.6 Å². The molecule has 10 nitrogen and oxygen atoms in total. The van der Waals surface area contributed by atoms with E-state index in [9.17, 15) is 19.7 Å². The number of thioether (sulfide) groups is 1. The zero-order valence-corrected chi connectivity index (χ0v) is 23.2. The number of halogens is 1. The molecule has 0 radical (unpaired) electrons. The van der Waals surface area contributed by atoms with Crippen molar-refractivity contribution < 1.29 is 29.1 Å². The monoisotopic (exact) mass is 611 g/mol. The first-order valence-corrected chi connectivity index (χ1v) is 13.2. The Labute approximate surface area is 236 Å². The van der Waals surface area contributed by atoms with Gasteiger partial charge in [0, 0.05) is 23.7 Å². The third kappa shape index (κ3) is 6.65. The van der Waals surface area contributed by atoms with Gasteiger partial charge in [0.2, 0.25) is 0 Å². The SMILES string of the molecule is CCOc1cc(/C=C2\SC(=Nc3ccc(C(=O)O)cc3)N(C)C2=O)c(Br)cc1OCc1ccc([N+](=O)[O-])cc1. The van der Waals surface area contributed by atoms with Gasteiger partial charge >= 0.3 is 5.97 Å². The minimum atomic E-state index is -1.03. The van der Waals surface area contributed by atoms with Crippen molar-refractivity contribution >= 4 is 62.2 Å². The second-order valence-corrected chi connectivity index (χ2v) is 10.1. The number of hydrogen-bond acceptors (Lipinski definition) is 8. The van der Waals surface area contributed by atoms with Crippen LogP contribution in [0.3, 0.4) is 0 Å². The van der Waals surface area contributed by atoms with Crippen molar-refractivity contribution in [2.24, 2.45) is 4.99 Å². The van der Waals surface area contributed by atoms with Gasteiger partial charge in [-0.15, -0.1) is 0 Å². The molecule has 0 atom stereocenters. The third-order valence-corrected chi connectivity index (χ3v) is 7.28. The number of non-ortho nitro benzene ring substituents is 1. The number of aromatic carboxylic acids is 1. The Kier molecular flexibility index (Phi) is 8.67. The fraction of sp³-hybridized carbons (Fsp3) is 0.148.